The third-order valence-electron chi connectivity index (χ3n) is 3.99. The Morgan fingerprint density at radius 1 is 1.00 bits per heavy atom. The molecule has 0 bridgehead atoms. The number of aryl methyl sites for hydroxylation is 1. The zero-order valence-corrected chi connectivity index (χ0v) is 15.9. The van der Waals surface area contributed by atoms with Gasteiger partial charge in [-0.25, -0.2) is 9.97 Å². The summed E-state index contributed by atoms with van der Waals surface area (Å²) in [4.78, 5) is 23.9. The molecule has 0 aliphatic carbocycles. The standard InChI is InChI=1S/C22H24N4O/c1-16(2)23-22-24-17(3)14-20(25-22)21(27)26(19-12-8-5-9-13-19)15-18-10-6-4-7-11-18/h4-14,16H,15H2,1-3H3,(H,23,24,25). The average Bonchev–Trinajstić information content (AvgIpc) is 2.66. The minimum atomic E-state index is -0.151. The van der Waals surface area contributed by atoms with Gasteiger partial charge in [-0.3, -0.25) is 4.79 Å². The van der Waals surface area contributed by atoms with Crippen molar-refractivity contribution in [1.29, 1.82) is 0 Å². The Bertz CT molecular complexity index is 895. The van der Waals surface area contributed by atoms with Crippen LogP contribution in [0.3, 0.4) is 0 Å². The molecule has 0 fully saturated rings. The van der Waals surface area contributed by atoms with E-state index >= 15 is 0 Å². The van der Waals surface area contributed by atoms with Crippen LogP contribution < -0.4 is 10.2 Å². The van der Waals surface area contributed by atoms with Gasteiger partial charge in [-0.1, -0.05) is 48.5 Å². The van der Waals surface area contributed by atoms with Crippen molar-refractivity contribution in [2.75, 3.05) is 10.2 Å². The lowest BCUT2D eigenvalue weighted by molar-refractivity contribution is 0.0980. The number of hydrogen-bond acceptors (Lipinski definition) is 4. The summed E-state index contributed by atoms with van der Waals surface area (Å²) in [5.74, 6) is 0.323. The van der Waals surface area contributed by atoms with Gasteiger partial charge in [-0.2, -0.15) is 0 Å². The molecule has 0 atom stereocenters. The number of rotatable bonds is 6. The van der Waals surface area contributed by atoms with Crippen molar-refractivity contribution in [3.05, 3.63) is 83.7 Å². The van der Waals surface area contributed by atoms with Crippen LogP contribution in [0, 0.1) is 6.92 Å². The summed E-state index contributed by atoms with van der Waals surface area (Å²) in [5.41, 5.74) is 3.02. The minimum Gasteiger partial charge on any atom is -0.352 e. The summed E-state index contributed by atoms with van der Waals surface area (Å²) >= 11 is 0. The van der Waals surface area contributed by atoms with E-state index in [1.807, 2.05) is 81.4 Å². The van der Waals surface area contributed by atoms with E-state index in [2.05, 4.69) is 15.3 Å². The van der Waals surface area contributed by atoms with Crippen LogP contribution in [0.15, 0.2) is 66.7 Å². The number of anilines is 2. The van der Waals surface area contributed by atoms with E-state index in [0.29, 0.717) is 18.2 Å². The fraction of sp³-hybridized carbons (Fsp3) is 0.227. The van der Waals surface area contributed by atoms with Crippen LogP contribution in [0.4, 0.5) is 11.6 Å². The van der Waals surface area contributed by atoms with E-state index in [9.17, 15) is 4.79 Å². The molecule has 0 unspecified atom stereocenters. The number of benzene rings is 2. The largest absolute Gasteiger partial charge is 0.352 e. The number of hydrogen-bond donors (Lipinski definition) is 1. The molecule has 27 heavy (non-hydrogen) atoms. The van der Waals surface area contributed by atoms with Crippen LogP contribution in [-0.2, 0) is 6.54 Å². The highest BCUT2D eigenvalue weighted by atomic mass is 16.2. The maximum atomic E-state index is 13.3. The summed E-state index contributed by atoms with van der Waals surface area (Å²) in [6, 6.07) is 21.5. The zero-order chi connectivity index (χ0) is 19.2. The zero-order valence-electron chi connectivity index (χ0n) is 15.9. The smallest absolute Gasteiger partial charge is 0.277 e. The van der Waals surface area contributed by atoms with E-state index < -0.39 is 0 Å². The van der Waals surface area contributed by atoms with Crippen LogP contribution >= 0.6 is 0 Å². The van der Waals surface area contributed by atoms with Crippen molar-refractivity contribution in [1.82, 2.24) is 9.97 Å². The normalized spacial score (nSPS) is 10.7. The Hall–Kier alpha value is -3.21. The van der Waals surface area contributed by atoms with Crippen molar-refractivity contribution in [2.24, 2.45) is 0 Å². The fourth-order valence-corrected chi connectivity index (χ4v) is 2.79. The summed E-state index contributed by atoms with van der Waals surface area (Å²) in [7, 11) is 0. The molecule has 1 aromatic heterocycles. The second-order valence-electron chi connectivity index (χ2n) is 6.73. The predicted molar refractivity (Wildman–Crippen MR) is 109 cm³/mol. The molecular formula is C22H24N4O. The first-order valence-corrected chi connectivity index (χ1v) is 9.06. The maximum Gasteiger partial charge on any atom is 0.277 e. The van der Waals surface area contributed by atoms with Gasteiger partial charge in [0.15, 0.2) is 0 Å². The molecule has 1 heterocycles. The lowest BCUT2D eigenvalue weighted by Crippen LogP contribution is -2.31. The molecule has 5 heteroatoms. The number of para-hydroxylation sites is 1. The molecule has 0 saturated carbocycles. The number of nitrogens with zero attached hydrogens (tertiary/aromatic N) is 3. The minimum absolute atomic E-state index is 0.151. The van der Waals surface area contributed by atoms with Crippen LogP contribution in [0.1, 0.15) is 35.6 Å². The van der Waals surface area contributed by atoms with E-state index in [1.54, 1.807) is 11.0 Å². The van der Waals surface area contributed by atoms with Crippen molar-refractivity contribution in [2.45, 2.75) is 33.4 Å². The molecule has 3 rings (SSSR count). The molecule has 0 spiro atoms. The third kappa shape index (κ3) is 4.91. The number of carbonyl (C=O) groups excluding carboxylic acids is 1. The Morgan fingerprint density at radius 2 is 1.63 bits per heavy atom. The highest BCUT2D eigenvalue weighted by molar-refractivity contribution is 6.04. The van der Waals surface area contributed by atoms with E-state index in [1.165, 1.54) is 0 Å². The van der Waals surface area contributed by atoms with Gasteiger partial charge < -0.3 is 10.2 Å². The van der Waals surface area contributed by atoms with Crippen LogP contribution in [-0.4, -0.2) is 21.9 Å². The molecule has 1 amide bonds. The number of aromatic nitrogens is 2. The molecule has 2 aromatic carbocycles. The molecule has 3 aromatic rings. The van der Waals surface area contributed by atoms with E-state index in [4.69, 9.17) is 0 Å². The van der Waals surface area contributed by atoms with Gasteiger partial charge >= 0.3 is 0 Å². The SMILES string of the molecule is Cc1cc(C(=O)N(Cc2ccccc2)c2ccccc2)nc(NC(C)C)n1. The number of nitrogens with one attached hydrogen (secondary N) is 1. The molecule has 1 N–H and O–H groups in total. The molecular weight excluding hydrogens is 336 g/mol. The van der Waals surface area contributed by atoms with Crippen LogP contribution in [0.25, 0.3) is 0 Å². The lowest BCUT2D eigenvalue weighted by Gasteiger charge is -2.23. The Labute approximate surface area is 160 Å². The van der Waals surface area contributed by atoms with Crippen LogP contribution in [0.5, 0.6) is 0 Å². The Kier molecular flexibility index (Phi) is 5.81. The van der Waals surface area contributed by atoms with Gasteiger partial charge in [0.05, 0.1) is 6.54 Å². The number of amides is 1. The first-order valence-electron chi connectivity index (χ1n) is 9.06. The first-order chi connectivity index (χ1) is 13.0. The number of carbonyl (C=O) groups is 1. The molecule has 0 aliphatic heterocycles. The van der Waals surface area contributed by atoms with Gasteiger partial charge in [0.25, 0.3) is 5.91 Å². The van der Waals surface area contributed by atoms with Gasteiger partial charge in [-0.15, -0.1) is 0 Å². The maximum absolute atomic E-state index is 13.3. The predicted octanol–water partition coefficient (Wildman–Crippen LogP) is 4.45. The van der Waals surface area contributed by atoms with Gasteiger partial charge in [-0.05, 0) is 44.5 Å². The molecule has 0 radical (unpaired) electrons. The van der Waals surface area contributed by atoms with Crippen molar-refractivity contribution in [3.63, 3.8) is 0 Å². The molecule has 0 aliphatic rings. The van der Waals surface area contributed by atoms with Gasteiger partial charge in [0.2, 0.25) is 5.95 Å². The molecule has 0 saturated heterocycles. The summed E-state index contributed by atoms with van der Waals surface area (Å²) in [5, 5.41) is 3.18. The summed E-state index contributed by atoms with van der Waals surface area (Å²) in [6.07, 6.45) is 0. The van der Waals surface area contributed by atoms with Crippen molar-refractivity contribution >= 4 is 17.5 Å². The average molecular weight is 360 g/mol. The van der Waals surface area contributed by atoms with Gasteiger partial charge in [0, 0.05) is 17.4 Å². The quantitative estimate of drug-likeness (QED) is 0.705. The molecule has 138 valence electrons. The summed E-state index contributed by atoms with van der Waals surface area (Å²) in [6.45, 7) is 6.37. The topological polar surface area (TPSA) is 58.1 Å². The third-order valence-corrected chi connectivity index (χ3v) is 3.99. The monoisotopic (exact) mass is 360 g/mol. The second-order valence-corrected chi connectivity index (χ2v) is 6.73. The van der Waals surface area contributed by atoms with Crippen LogP contribution in [0.2, 0.25) is 0 Å². The molecule has 5 nitrogen and oxygen atoms in total. The highest BCUT2D eigenvalue weighted by Crippen LogP contribution is 2.20. The first kappa shape index (κ1) is 18.6. The van der Waals surface area contributed by atoms with Crippen molar-refractivity contribution in [3.8, 4) is 0 Å². The summed E-state index contributed by atoms with van der Waals surface area (Å²) < 4.78 is 0. The Morgan fingerprint density at radius 3 is 2.26 bits per heavy atom. The lowest BCUT2D eigenvalue weighted by atomic mass is 10.1. The van der Waals surface area contributed by atoms with E-state index in [0.717, 1.165) is 16.9 Å². The highest BCUT2D eigenvalue weighted by Gasteiger charge is 2.20. The Balaban J connectivity index is 1.97. The van der Waals surface area contributed by atoms with Crippen molar-refractivity contribution < 1.29 is 4.79 Å². The van der Waals surface area contributed by atoms with E-state index in [-0.39, 0.29) is 11.9 Å². The second kappa shape index (κ2) is 8.45. The fourth-order valence-electron chi connectivity index (χ4n) is 2.79. The van der Waals surface area contributed by atoms with Gasteiger partial charge in [0.1, 0.15) is 5.69 Å².